The molecule has 0 fully saturated rings. The number of nitrogens with zero attached hydrogens (tertiary/aromatic N) is 1. The Labute approximate surface area is 139 Å². The molecule has 0 radical (unpaired) electrons. The number of rotatable bonds is 5. The highest BCUT2D eigenvalue weighted by molar-refractivity contribution is 7.10. The molecule has 0 spiro atoms. The number of anilines is 1. The van der Waals surface area contributed by atoms with Crippen LogP contribution in [-0.2, 0) is 17.8 Å². The summed E-state index contributed by atoms with van der Waals surface area (Å²) in [6.45, 7) is 2.14. The van der Waals surface area contributed by atoms with E-state index in [4.69, 9.17) is 9.47 Å². The van der Waals surface area contributed by atoms with Crippen molar-refractivity contribution >= 4 is 22.9 Å². The van der Waals surface area contributed by atoms with Crippen molar-refractivity contribution in [3.05, 3.63) is 40.1 Å². The third-order valence-corrected chi connectivity index (χ3v) is 4.91. The summed E-state index contributed by atoms with van der Waals surface area (Å²) < 4.78 is 10.4. The molecule has 0 aliphatic carbocycles. The third kappa shape index (κ3) is 3.83. The second kappa shape index (κ2) is 7.02. The molecule has 3 rings (SSSR count). The van der Waals surface area contributed by atoms with Crippen molar-refractivity contribution in [3.63, 3.8) is 0 Å². The molecule has 1 aliphatic rings. The lowest BCUT2D eigenvalue weighted by Gasteiger charge is -2.26. The van der Waals surface area contributed by atoms with Crippen LogP contribution in [0.5, 0.6) is 11.5 Å². The van der Waals surface area contributed by atoms with Crippen LogP contribution >= 0.6 is 11.3 Å². The fourth-order valence-corrected chi connectivity index (χ4v) is 3.61. The van der Waals surface area contributed by atoms with Gasteiger partial charge in [-0.05, 0) is 23.4 Å². The number of carbonyl (C=O) groups excluding carboxylic acids is 1. The molecule has 1 aromatic carbocycles. The predicted octanol–water partition coefficient (Wildman–Crippen LogP) is 2.76. The Hall–Kier alpha value is -2.05. The normalized spacial score (nSPS) is 14.2. The van der Waals surface area contributed by atoms with Crippen LogP contribution in [0.15, 0.2) is 29.6 Å². The molecule has 1 amide bonds. The molecule has 0 saturated heterocycles. The average molecular weight is 332 g/mol. The van der Waals surface area contributed by atoms with Gasteiger partial charge in [0.2, 0.25) is 5.91 Å². The van der Waals surface area contributed by atoms with Crippen molar-refractivity contribution in [2.45, 2.75) is 13.0 Å². The zero-order valence-electron chi connectivity index (χ0n) is 13.3. The van der Waals surface area contributed by atoms with Crippen molar-refractivity contribution in [3.8, 4) is 11.5 Å². The van der Waals surface area contributed by atoms with E-state index in [-0.39, 0.29) is 5.91 Å². The van der Waals surface area contributed by atoms with E-state index in [0.717, 1.165) is 19.5 Å². The monoisotopic (exact) mass is 332 g/mol. The summed E-state index contributed by atoms with van der Waals surface area (Å²) in [4.78, 5) is 15.9. The quantitative estimate of drug-likeness (QED) is 0.915. The first kappa shape index (κ1) is 15.8. The number of benzene rings is 1. The van der Waals surface area contributed by atoms with E-state index in [9.17, 15) is 4.79 Å². The number of hydrogen-bond acceptors (Lipinski definition) is 5. The van der Waals surface area contributed by atoms with Gasteiger partial charge >= 0.3 is 0 Å². The number of methoxy groups -OCH3 is 2. The Kier molecular flexibility index (Phi) is 4.83. The van der Waals surface area contributed by atoms with E-state index in [2.05, 4.69) is 21.7 Å². The standard InChI is InChI=1S/C17H20N2O3S/c1-21-14-7-13(8-15(9-14)22-2)18-17(20)11-19-5-3-16-12(10-19)4-6-23-16/h4,6-9H,3,5,10-11H2,1-2H3,(H,18,20). The SMILES string of the molecule is COc1cc(NC(=O)CN2CCc3sccc3C2)cc(OC)c1. The molecule has 2 aromatic rings. The maximum absolute atomic E-state index is 12.3. The largest absolute Gasteiger partial charge is 0.497 e. The molecule has 0 unspecified atom stereocenters. The number of fused-ring (bicyclic) bond motifs is 1. The lowest BCUT2D eigenvalue weighted by Crippen LogP contribution is -2.36. The van der Waals surface area contributed by atoms with Gasteiger partial charge in [0.1, 0.15) is 11.5 Å². The van der Waals surface area contributed by atoms with Gasteiger partial charge in [-0.25, -0.2) is 0 Å². The summed E-state index contributed by atoms with van der Waals surface area (Å²) in [5, 5.41) is 5.04. The molecule has 1 aromatic heterocycles. The fourth-order valence-electron chi connectivity index (χ4n) is 2.73. The van der Waals surface area contributed by atoms with E-state index in [1.165, 1.54) is 10.4 Å². The highest BCUT2D eigenvalue weighted by Gasteiger charge is 2.19. The molecule has 1 aliphatic heterocycles. The Morgan fingerprint density at radius 1 is 1.26 bits per heavy atom. The number of thiophene rings is 1. The number of ether oxygens (including phenoxy) is 2. The molecule has 0 saturated carbocycles. The Morgan fingerprint density at radius 3 is 2.70 bits per heavy atom. The summed E-state index contributed by atoms with van der Waals surface area (Å²) in [5.74, 6) is 1.28. The summed E-state index contributed by atoms with van der Waals surface area (Å²) in [6, 6.07) is 7.50. The zero-order valence-corrected chi connectivity index (χ0v) is 14.1. The van der Waals surface area contributed by atoms with Gasteiger partial charge < -0.3 is 14.8 Å². The smallest absolute Gasteiger partial charge is 0.238 e. The van der Waals surface area contributed by atoms with Gasteiger partial charge in [0.25, 0.3) is 0 Å². The molecule has 23 heavy (non-hydrogen) atoms. The summed E-state index contributed by atoms with van der Waals surface area (Å²) in [6.07, 6.45) is 1.02. The van der Waals surface area contributed by atoms with Crippen LogP contribution in [-0.4, -0.2) is 38.1 Å². The van der Waals surface area contributed by atoms with Crippen molar-refractivity contribution in [2.75, 3.05) is 32.6 Å². The van der Waals surface area contributed by atoms with Gasteiger partial charge in [0.05, 0.1) is 20.8 Å². The highest BCUT2D eigenvalue weighted by atomic mass is 32.1. The predicted molar refractivity (Wildman–Crippen MR) is 91.5 cm³/mol. The first-order valence-electron chi connectivity index (χ1n) is 7.48. The van der Waals surface area contributed by atoms with Crippen LogP contribution in [0.25, 0.3) is 0 Å². The van der Waals surface area contributed by atoms with Crippen LogP contribution in [0.4, 0.5) is 5.69 Å². The zero-order chi connectivity index (χ0) is 16.2. The van der Waals surface area contributed by atoms with E-state index >= 15 is 0 Å². The van der Waals surface area contributed by atoms with Gasteiger partial charge in [-0.2, -0.15) is 0 Å². The minimum atomic E-state index is -0.0287. The van der Waals surface area contributed by atoms with E-state index in [1.54, 1.807) is 43.8 Å². The van der Waals surface area contributed by atoms with Crippen LogP contribution in [0.2, 0.25) is 0 Å². The minimum Gasteiger partial charge on any atom is -0.497 e. The summed E-state index contributed by atoms with van der Waals surface area (Å²) >= 11 is 1.80. The molecular weight excluding hydrogens is 312 g/mol. The average Bonchev–Trinajstić information content (AvgIpc) is 3.01. The maximum atomic E-state index is 12.3. The van der Waals surface area contributed by atoms with Gasteiger partial charge in [-0.3, -0.25) is 9.69 Å². The van der Waals surface area contributed by atoms with Crippen LogP contribution in [0.1, 0.15) is 10.4 Å². The van der Waals surface area contributed by atoms with E-state index in [0.29, 0.717) is 23.7 Å². The lowest BCUT2D eigenvalue weighted by molar-refractivity contribution is -0.117. The van der Waals surface area contributed by atoms with Crippen molar-refractivity contribution in [2.24, 2.45) is 0 Å². The van der Waals surface area contributed by atoms with Gasteiger partial charge in [0, 0.05) is 41.9 Å². The molecular formula is C17H20N2O3S. The van der Waals surface area contributed by atoms with Gasteiger partial charge in [-0.15, -0.1) is 11.3 Å². The molecule has 0 atom stereocenters. The molecule has 1 N–H and O–H groups in total. The van der Waals surface area contributed by atoms with Crippen molar-refractivity contribution in [1.82, 2.24) is 4.90 Å². The molecule has 5 nitrogen and oxygen atoms in total. The highest BCUT2D eigenvalue weighted by Crippen LogP contribution is 2.26. The summed E-state index contributed by atoms with van der Waals surface area (Å²) in [5.41, 5.74) is 2.02. The number of nitrogens with one attached hydrogen (secondary N) is 1. The molecule has 2 heterocycles. The molecule has 0 bridgehead atoms. The topological polar surface area (TPSA) is 50.8 Å². The Morgan fingerprint density at radius 2 is 2.00 bits per heavy atom. The second-order valence-electron chi connectivity index (χ2n) is 5.48. The first-order chi connectivity index (χ1) is 11.2. The minimum absolute atomic E-state index is 0.0287. The molecule has 122 valence electrons. The number of hydrogen-bond donors (Lipinski definition) is 1. The molecule has 6 heteroatoms. The van der Waals surface area contributed by atoms with E-state index in [1.807, 2.05) is 0 Å². The first-order valence-corrected chi connectivity index (χ1v) is 8.36. The van der Waals surface area contributed by atoms with Crippen molar-refractivity contribution in [1.29, 1.82) is 0 Å². The fraction of sp³-hybridized carbons (Fsp3) is 0.353. The second-order valence-corrected chi connectivity index (χ2v) is 6.48. The van der Waals surface area contributed by atoms with Crippen LogP contribution in [0.3, 0.4) is 0 Å². The third-order valence-electron chi connectivity index (χ3n) is 3.89. The van der Waals surface area contributed by atoms with Crippen LogP contribution < -0.4 is 14.8 Å². The van der Waals surface area contributed by atoms with Gasteiger partial charge in [-0.1, -0.05) is 0 Å². The lowest BCUT2D eigenvalue weighted by atomic mass is 10.1. The van der Waals surface area contributed by atoms with Gasteiger partial charge in [0.15, 0.2) is 0 Å². The van der Waals surface area contributed by atoms with Crippen molar-refractivity contribution < 1.29 is 14.3 Å². The Bertz CT molecular complexity index is 677. The summed E-state index contributed by atoms with van der Waals surface area (Å²) in [7, 11) is 3.18. The van der Waals surface area contributed by atoms with E-state index < -0.39 is 0 Å². The maximum Gasteiger partial charge on any atom is 0.238 e. The Balaban J connectivity index is 1.61. The number of amides is 1. The number of carbonyl (C=O) groups is 1. The van der Waals surface area contributed by atoms with Crippen LogP contribution in [0, 0.1) is 0 Å².